The minimum absolute atomic E-state index is 0.0673. The van der Waals surface area contributed by atoms with Crippen LogP contribution < -0.4 is 5.01 Å². The molecule has 2 heterocycles. The molecule has 0 spiro atoms. The Hall–Kier alpha value is -2.20. The summed E-state index contributed by atoms with van der Waals surface area (Å²) in [6, 6.07) is 11.6. The van der Waals surface area contributed by atoms with E-state index in [4.69, 9.17) is 0 Å². The molecule has 0 saturated carbocycles. The normalized spacial score (nSPS) is 17.2. The van der Waals surface area contributed by atoms with Crippen LogP contribution in [0, 0.1) is 5.41 Å². The van der Waals surface area contributed by atoms with Gasteiger partial charge in [0.1, 0.15) is 0 Å². The van der Waals surface area contributed by atoms with Gasteiger partial charge in [-0.3, -0.25) is 4.79 Å². The number of thiophene rings is 1. The fourth-order valence-corrected chi connectivity index (χ4v) is 2.98. The van der Waals surface area contributed by atoms with Crippen LogP contribution in [-0.2, 0) is 4.79 Å². The van der Waals surface area contributed by atoms with Crippen molar-refractivity contribution < 1.29 is 4.79 Å². The van der Waals surface area contributed by atoms with E-state index in [2.05, 4.69) is 25.9 Å². The molecule has 1 aromatic heterocycles. The van der Waals surface area contributed by atoms with Gasteiger partial charge in [0.2, 0.25) is 0 Å². The highest BCUT2D eigenvalue weighted by atomic mass is 32.1. The summed E-state index contributed by atoms with van der Waals surface area (Å²) in [7, 11) is 0. The molecule has 1 aromatic carbocycles. The zero-order valence-corrected chi connectivity index (χ0v) is 13.7. The van der Waals surface area contributed by atoms with Gasteiger partial charge in [0.05, 0.1) is 17.0 Å². The maximum Gasteiger partial charge on any atom is 0.280 e. The molecule has 1 aliphatic rings. The van der Waals surface area contributed by atoms with Crippen LogP contribution >= 0.6 is 11.3 Å². The van der Waals surface area contributed by atoms with Gasteiger partial charge in [0, 0.05) is 5.41 Å². The molecule has 0 fully saturated rings. The van der Waals surface area contributed by atoms with Gasteiger partial charge >= 0.3 is 0 Å². The van der Waals surface area contributed by atoms with Crippen LogP contribution in [0.5, 0.6) is 0 Å². The molecule has 1 amide bonds. The van der Waals surface area contributed by atoms with Gasteiger partial charge in [-0.15, -0.1) is 0 Å². The summed E-state index contributed by atoms with van der Waals surface area (Å²) in [5, 5.41) is 10.1. The van der Waals surface area contributed by atoms with E-state index in [0.29, 0.717) is 5.57 Å². The highest BCUT2D eigenvalue weighted by Gasteiger charge is 2.36. The van der Waals surface area contributed by atoms with Gasteiger partial charge in [0.25, 0.3) is 5.91 Å². The standard InChI is InChI=1S/C18H18N2OS/c1-18(2,3)16-15(11-13-9-10-22-12-13)17(21)20(19-16)14-7-5-4-6-8-14/h4-12H,1-3H3/b15-11-. The SMILES string of the molecule is CC(C)(C)C1=NN(c2ccccc2)C(=O)/C1=C\c1ccsc1. The number of carbonyl (C=O) groups is 1. The number of nitrogens with zero attached hydrogens (tertiary/aromatic N) is 2. The highest BCUT2D eigenvalue weighted by Crippen LogP contribution is 2.32. The van der Waals surface area contributed by atoms with Crippen LogP contribution in [0.15, 0.2) is 57.8 Å². The first-order chi connectivity index (χ1) is 10.5. The molecule has 0 atom stereocenters. The van der Waals surface area contributed by atoms with Gasteiger partial charge in [-0.1, -0.05) is 39.0 Å². The number of carbonyl (C=O) groups excluding carboxylic acids is 1. The Balaban J connectivity index is 2.07. The Bertz CT molecular complexity index is 737. The van der Waals surface area contributed by atoms with Crippen molar-refractivity contribution in [2.45, 2.75) is 20.8 Å². The van der Waals surface area contributed by atoms with Crippen molar-refractivity contribution in [2.24, 2.45) is 10.5 Å². The second kappa shape index (κ2) is 5.54. The summed E-state index contributed by atoms with van der Waals surface area (Å²) < 4.78 is 0. The second-order valence-corrected chi connectivity index (χ2v) is 7.05. The molecule has 1 aliphatic heterocycles. The van der Waals surface area contributed by atoms with Gasteiger partial charge < -0.3 is 0 Å². The number of benzene rings is 1. The van der Waals surface area contributed by atoms with Gasteiger partial charge in [-0.25, -0.2) is 0 Å². The van der Waals surface area contributed by atoms with Crippen LogP contribution in [0.3, 0.4) is 0 Å². The lowest BCUT2D eigenvalue weighted by Crippen LogP contribution is -2.23. The third kappa shape index (κ3) is 2.74. The van der Waals surface area contributed by atoms with E-state index >= 15 is 0 Å². The summed E-state index contributed by atoms with van der Waals surface area (Å²) in [6.07, 6.45) is 1.94. The van der Waals surface area contributed by atoms with Crippen molar-refractivity contribution in [3.05, 3.63) is 58.3 Å². The molecule has 0 bridgehead atoms. The molecule has 0 N–H and O–H groups in total. The van der Waals surface area contributed by atoms with Crippen molar-refractivity contribution in [3.63, 3.8) is 0 Å². The van der Waals surface area contributed by atoms with Crippen molar-refractivity contribution >= 4 is 34.7 Å². The van der Waals surface area contributed by atoms with Crippen molar-refractivity contribution in [2.75, 3.05) is 5.01 Å². The van der Waals surface area contributed by atoms with Gasteiger partial charge in [0.15, 0.2) is 0 Å². The zero-order valence-electron chi connectivity index (χ0n) is 12.9. The predicted molar refractivity (Wildman–Crippen MR) is 93.1 cm³/mol. The van der Waals surface area contributed by atoms with E-state index in [1.807, 2.05) is 53.2 Å². The summed E-state index contributed by atoms with van der Waals surface area (Å²) >= 11 is 1.62. The number of rotatable bonds is 2. The molecule has 0 saturated heterocycles. The van der Waals surface area contributed by atoms with Crippen molar-refractivity contribution in [1.29, 1.82) is 0 Å². The lowest BCUT2D eigenvalue weighted by Gasteiger charge is -2.17. The molecular formula is C18H18N2OS. The minimum atomic E-state index is -0.193. The van der Waals surface area contributed by atoms with Gasteiger partial charge in [-0.05, 0) is 40.6 Å². The van der Waals surface area contributed by atoms with Crippen LogP contribution in [0.1, 0.15) is 26.3 Å². The van der Waals surface area contributed by atoms with E-state index in [0.717, 1.165) is 17.0 Å². The van der Waals surface area contributed by atoms with Crippen LogP contribution in [0.4, 0.5) is 5.69 Å². The topological polar surface area (TPSA) is 32.7 Å². The van der Waals surface area contributed by atoms with Crippen LogP contribution in [-0.4, -0.2) is 11.6 Å². The van der Waals surface area contributed by atoms with E-state index in [1.54, 1.807) is 11.3 Å². The fourth-order valence-electron chi connectivity index (χ4n) is 2.37. The third-order valence-electron chi connectivity index (χ3n) is 3.44. The smallest absolute Gasteiger partial charge is 0.267 e. The first kappa shape index (κ1) is 14.7. The average molecular weight is 310 g/mol. The first-order valence-corrected chi connectivity index (χ1v) is 8.14. The maximum atomic E-state index is 12.8. The monoisotopic (exact) mass is 310 g/mol. The largest absolute Gasteiger partial charge is 0.280 e. The second-order valence-electron chi connectivity index (χ2n) is 6.27. The molecule has 3 nitrogen and oxygen atoms in total. The number of anilines is 1. The van der Waals surface area contributed by atoms with Crippen LogP contribution in [0.25, 0.3) is 6.08 Å². The van der Waals surface area contributed by atoms with Crippen molar-refractivity contribution in [3.8, 4) is 0 Å². The van der Waals surface area contributed by atoms with Crippen LogP contribution in [0.2, 0.25) is 0 Å². The van der Waals surface area contributed by atoms with Gasteiger partial charge in [-0.2, -0.15) is 21.4 Å². The van der Waals surface area contributed by atoms with E-state index in [9.17, 15) is 4.79 Å². The summed E-state index contributed by atoms with van der Waals surface area (Å²) in [5.74, 6) is -0.0673. The zero-order chi connectivity index (χ0) is 15.7. The number of amides is 1. The Labute approximate surface area is 134 Å². The van der Waals surface area contributed by atoms with Crippen molar-refractivity contribution in [1.82, 2.24) is 0 Å². The maximum absolute atomic E-state index is 12.8. The molecule has 112 valence electrons. The highest BCUT2D eigenvalue weighted by molar-refractivity contribution is 7.08. The molecule has 2 aromatic rings. The van der Waals surface area contributed by atoms with E-state index in [1.165, 1.54) is 5.01 Å². The number of hydrazone groups is 1. The minimum Gasteiger partial charge on any atom is -0.267 e. The first-order valence-electron chi connectivity index (χ1n) is 7.20. The molecule has 4 heteroatoms. The summed E-state index contributed by atoms with van der Waals surface area (Å²) in [5.41, 5.74) is 3.15. The molecule has 3 rings (SSSR count). The molecule has 22 heavy (non-hydrogen) atoms. The summed E-state index contributed by atoms with van der Waals surface area (Å²) in [4.78, 5) is 12.8. The van der Waals surface area contributed by atoms with E-state index < -0.39 is 0 Å². The summed E-state index contributed by atoms with van der Waals surface area (Å²) in [6.45, 7) is 6.24. The Morgan fingerprint density at radius 3 is 2.45 bits per heavy atom. The quantitative estimate of drug-likeness (QED) is 0.747. The molecule has 0 unspecified atom stereocenters. The average Bonchev–Trinajstić information content (AvgIpc) is 3.09. The number of hydrogen-bond donors (Lipinski definition) is 0. The number of hydrogen-bond acceptors (Lipinski definition) is 3. The lowest BCUT2D eigenvalue weighted by molar-refractivity contribution is -0.114. The fraction of sp³-hybridized carbons (Fsp3) is 0.222. The molecular weight excluding hydrogens is 292 g/mol. The molecule has 0 aliphatic carbocycles. The Morgan fingerprint density at radius 2 is 1.86 bits per heavy atom. The third-order valence-corrected chi connectivity index (χ3v) is 4.14. The Morgan fingerprint density at radius 1 is 1.14 bits per heavy atom. The lowest BCUT2D eigenvalue weighted by atomic mass is 9.85. The Kier molecular flexibility index (Phi) is 3.71. The number of para-hydroxylation sites is 1. The predicted octanol–water partition coefficient (Wildman–Crippen LogP) is 4.58. The van der Waals surface area contributed by atoms with E-state index in [-0.39, 0.29) is 11.3 Å². The molecule has 0 radical (unpaired) electrons.